The number of amides is 2. The monoisotopic (exact) mass is 325 g/mol. The summed E-state index contributed by atoms with van der Waals surface area (Å²) in [5, 5.41) is 0. The summed E-state index contributed by atoms with van der Waals surface area (Å²) in [7, 11) is 0. The Hall–Kier alpha value is -2.06. The second-order valence-electron chi connectivity index (χ2n) is 4.73. The number of fused-ring (bicyclic) bond motifs is 1. The zero-order valence-electron chi connectivity index (χ0n) is 10.8. The van der Waals surface area contributed by atoms with Crippen LogP contribution < -0.4 is 0 Å². The van der Waals surface area contributed by atoms with Crippen LogP contribution in [0.1, 0.15) is 27.1 Å². The number of halogens is 6. The van der Waals surface area contributed by atoms with Crippen LogP contribution in [0.25, 0.3) is 0 Å². The Balaban J connectivity index is 2.16. The molecule has 0 radical (unpaired) electrons. The zero-order chi connectivity index (χ0) is 16.7. The molecule has 0 saturated heterocycles. The highest BCUT2D eigenvalue weighted by Crippen LogP contribution is 2.41. The van der Waals surface area contributed by atoms with Gasteiger partial charge >= 0.3 is 12.4 Å². The second-order valence-corrected chi connectivity index (χ2v) is 4.73. The van der Waals surface area contributed by atoms with Crippen molar-refractivity contribution in [3.05, 3.63) is 35.4 Å². The summed E-state index contributed by atoms with van der Waals surface area (Å²) in [6.07, 6.45) is -12.4. The fraction of sp³-hybridized carbons (Fsp3) is 0.385. The Labute approximate surface area is 120 Å². The molecular formula is C13H9F6NO2. The predicted octanol–water partition coefficient (Wildman–Crippen LogP) is 3.41. The number of hydrogen-bond acceptors (Lipinski definition) is 2. The molecule has 0 bridgehead atoms. The molecule has 0 atom stereocenters. The van der Waals surface area contributed by atoms with Gasteiger partial charge in [-0.15, -0.1) is 0 Å². The summed E-state index contributed by atoms with van der Waals surface area (Å²) in [5.41, 5.74) is -0.0499. The first-order valence-electron chi connectivity index (χ1n) is 6.12. The van der Waals surface area contributed by atoms with Gasteiger partial charge in [-0.1, -0.05) is 12.1 Å². The van der Waals surface area contributed by atoms with Crippen LogP contribution in [-0.4, -0.2) is 35.6 Å². The smallest absolute Gasteiger partial charge is 0.274 e. The molecule has 2 rings (SSSR count). The number of imide groups is 1. The minimum Gasteiger partial charge on any atom is -0.274 e. The van der Waals surface area contributed by atoms with Crippen LogP contribution in [0.5, 0.6) is 0 Å². The van der Waals surface area contributed by atoms with Crippen LogP contribution in [0.2, 0.25) is 0 Å². The van der Waals surface area contributed by atoms with Crippen LogP contribution >= 0.6 is 0 Å². The van der Waals surface area contributed by atoms with Crippen molar-refractivity contribution in [2.75, 3.05) is 6.54 Å². The average Bonchev–Trinajstić information content (AvgIpc) is 2.61. The maximum absolute atomic E-state index is 12.4. The van der Waals surface area contributed by atoms with E-state index in [1.54, 1.807) is 0 Å². The van der Waals surface area contributed by atoms with Crippen molar-refractivity contribution in [1.29, 1.82) is 0 Å². The van der Waals surface area contributed by atoms with Crippen LogP contribution in [0, 0.1) is 5.92 Å². The molecule has 22 heavy (non-hydrogen) atoms. The molecule has 0 unspecified atom stereocenters. The second kappa shape index (κ2) is 5.29. The van der Waals surface area contributed by atoms with Crippen molar-refractivity contribution in [1.82, 2.24) is 4.90 Å². The van der Waals surface area contributed by atoms with E-state index >= 15 is 0 Å². The van der Waals surface area contributed by atoms with E-state index in [2.05, 4.69) is 0 Å². The Kier molecular flexibility index (Phi) is 3.92. The fourth-order valence-electron chi connectivity index (χ4n) is 2.21. The Morgan fingerprint density at radius 1 is 0.864 bits per heavy atom. The number of alkyl halides is 6. The summed E-state index contributed by atoms with van der Waals surface area (Å²) in [5.74, 6) is -5.35. The highest BCUT2D eigenvalue weighted by molar-refractivity contribution is 6.21. The summed E-state index contributed by atoms with van der Waals surface area (Å²) in [4.78, 5) is 24.1. The average molecular weight is 325 g/mol. The molecule has 1 aliphatic heterocycles. The molecule has 0 fully saturated rings. The van der Waals surface area contributed by atoms with Gasteiger partial charge in [0, 0.05) is 6.54 Å². The minimum atomic E-state index is -5.49. The molecule has 0 N–H and O–H groups in total. The lowest BCUT2D eigenvalue weighted by molar-refractivity contribution is -0.285. The zero-order valence-corrected chi connectivity index (χ0v) is 10.8. The molecule has 120 valence electrons. The van der Waals surface area contributed by atoms with E-state index < -0.39 is 43.1 Å². The van der Waals surface area contributed by atoms with Crippen molar-refractivity contribution in [2.24, 2.45) is 5.92 Å². The normalized spacial score (nSPS) is 15.7. The van der Waals surface area contributed by atoms with Crippen molar-refractivity contribution in [2.45, 2.75) is 18.8 Å². The maximum atomic E-state index is 12.4. The van der Waals surface area contributed by atoms with Gasteiger partial charge in [-0.25, -0.2) is 0 Å². The number of rotatable bonds is 3. The van der Waals surface area contributed by atoms with E-state index in [0.717, 1.165) is 0 Å². The van der Waals surface area contributed by atoms with Crippen molar-refractivity contribution in [3.8, 4) is 0 Å². The molecule has 0 aromatic heterocycles. The fourth-order valence-corrected chi connectivity index (χ4v) is 2.21. The molecule has 1 heterocycles. The lowest BCUT2D eigenvalue weighted by Crippen LogP contribution is -2.40. The first kappa shape index (κ1) is 16.3. The highest BCUT2D eigenvalue weighted by atomic mass is 19.4. The van der Waals surface area contributed by atoms with Gasteiger partial charge in [0.2, 0.25) is 0 Å². The highest BCUT2D eigenvalue weighted by Gasteiger charge is 2.56. The van der Waals surface area contributed by atoms with Gasteiger partial charge in [0.15, 0.2) is 5.92 Å². The third-order valence-corrected chi connectivity index (χ3v) is 3.31. The lowest BCUT2D eigenvalue weighted by Gasteiger charge is -2.24. The van der Waals surface area contributed by atoms with Crippen molar-refractivity contribution >= 4 is 11.8 Å². The number of carbonyl (C=O) groups excluding carboxylic acids is 2. The molecule has 9 heteroatoms. The van der Waals surface area contributed by atoms with Gasteiger partial charge < -0.3 is 0 Å². The molecule has 2 amide bonds. The van der Waals surface area contributed by atoms with Gasteiger partial charge in [-0.2, -0.15) is 26.3 Å². The third kappa shape index (κ3) is 2.93. The molecular weight excluding hydrogens is 316 g/mol. The predicted molar refractivity (Wildman–Crippen MR) is 62.0 cm³/mol. The van der Waals surface area contributed by atoms with E-state index in [0.29, 0.717) is 4.90 Å². The Morgan fingerprint density at radius 3 is 1.64 bits per heavy atom. The van der Waals surface area contributed by atoms with Gasteiger partial charge in [0.25, 0.3) is 11.8 Å². The number of benzene rings is 1. The van der Waals surface area contributed by atoms with E-state index in [1.807, 2.05) is 0 Å². The first-order chi connectivity index (χ1) is 10.0. The van der Waals surface area contributed by atoms with E-state index in [4.69, 9.17) is 0 Å². The Morgan fingerprint density at radius 2 is 1.27 bits per heavy atom. The van der Waals surface area contributed by atoms with Crippen LogP contribution in [0.3, 0.4) is 0 Å². The standard InChI is InChI=1S/C13H9F6NO2/c14-12(15,16)9(13(17,18)19)5-6-20-10(21)7-3-1-2-4-8(7)11(20)22/h1-4,9H,5-6H2. The molecule has 1 aromatic carbocycles. The van der Waals surface area contributed by atoms with E-state index in [-0.39, 0.29) is 11.1 Å². The van der Waals surface area contributed by atoms with E-state index in [1.165, 1.54) is 24.3 Å². The summed E-state index contributed by atoms with van der Waals surface area (Å²) >= 11 is 0. The van der Waals surface area contributed by atoms with E-state index in [9.17, 15) is 35.9 Å². The SMILES string of the molecule is O=C1c2ccccc2C(=O)N1CCC(C(F)(F)F)C(F)(F)F. The summed E-state index contributed by atoms with van der Waals surface area (Å²) in [6.45, 7) is -0.948. The van der Waals surface area contributed by atoms with Gasteiger partial charge in [-0.3, -0.25) is 14.5 Å². The van der Waals surface area contributed by atoms with Crippen LogP contribution in [-0.2, 0) is 0 Å². The number of carbonyl (C=O) groups is 2. The number of nitrogens with zero attached hydrogens (tertiary/aromatic N) is 1. The van der Waals surface area contributed by atoms with Crippen molar-refractivity contribution < 1.29 is 35.9 Å². The summed E-state index contributed by atoms with van der Waals surface area (Å²) < 4.78 is 74.6. The molecule has 1 aliphatic rings. The molecule has 0 spiro atoms. The minimum absolute atomic E-state index is 0.0249. The first-order valence-corrected chi connectivity index (χ1v) is 6.12. The van der Waals surface area contributed by atoms with Gasteiger partial charge in [-0.05, 0) is 18.6 Å². The number of hydrogen-bond donors (Lipinski definition) is 0. The third-order valence-electron chi connectivity index (χ3n) is 3.31. The maximum Gasteiger partial charge on any atom is 0.400 e. The molecule has 0 saturated carbocycles. The lowest BCUT2D eigenvalue weighted by atomic mass is 10.0. The van der Waals surface area contributed by atoms with Gasteiger partial charge in [0.1, 0.15) is 0 Å². The molecule has 0 aliphatic carbocycles. The molecule has 3 nitrogen and oxygen atoms in total. The Bertz CT molecular complexity index is 558. The largest absolute Gasteiger partial charge is 0.400 e. The van der Waals surface area contributed by atoms with Crippen molar-refractivity contribution in [3.63, 3.8) is 0 Å². The van der Waals surface area contributed by atoms with Crippen LogP contribution in [0.15, 0.2) is 24.3 Å². The van der Waals surface area contributed by atoms with Crippen LogP contribution in [0.4, 0.5) is 26.3 Å². The van der Waals surface area contributed by atoms with Gasteiger partial charge in [0.05, 0.1) is 11.1 Å². The summed E-state index contributed by atoms with van der Waals surface area (Å²) in [6, 6.07) is 5.48. The topological polar surface area (TPSA) is 37.4 Å². The quantitative estimate of drug-likeness (QED) is 0.631. The molecule has 1 aromatic rings.